The van der Waals surface area contributed by atoms with Crippen LogP contribution in [0.3, 0.4) is 0 Å². The number of hydrazone groups is 1. The van der Waals surface area contributed by atoms with Crippen LogP contribution in [0.4, 0.5) is 5.69 Å². The third-order valence-corrected chi connectivity index (χ3v) is 3.18. The zero-order valence-electron chi connectivity index (χ0n) is 10.6. The lowest BCUT2D eigenvalue weighted by atomic mass is 10.2. The van der Waals surface area contributed by atoms with Gasteiger partial charge in [-0.1, -0.05) is 23.5 Å². The van der Waals surface area contributed by atoms with Crippen LogP contribution >= 0.6 is 11.3 Å². The van der Waals surface area contributed by atoms with E-state index in [4.69, 9.17) is 16.4 Å². The van der Waals surface area contributed by atoms with Gasteiger partial charge in [-0.05, 0) is 19.1 Å². The Kier molecular flexibility index (Phi) is 4.02. The van der Waals surface area contributed by atoms with Crippen LogP contribution in [0.15, 0.2) is 29.4 Å². The van der Waals surface area contributed by atoms with Gasteiger partial charge in [-0.2, -0.15) is 10.4 Å². The molecule has 0 radical (unpaired) electrons. The van der Waals surface area contributed by atoms with Gasteiger partial charge < -0.3 is 5.73 Å². The fourth-order valence-corrected chi connectivity index (χ4v) is 2.09. The van der Waals surface area contributed by atoms with Crippen molar-refractivity contribution in [2.24, 2.45) is 10.8 Å². The molecule has 1 heterocycles. The minimum Gasteiger partial charge on any atom is -0.382 e. The van der Waals surface area contributed by atoms with Crippen molar-refractivity contribution in [1.29, 1.82) is 10.7 Å². The van der Waals surface area contributed by atoms with Gasteiger partial charge in [0.1, 0.15) is 16.1 Å². The summed E-state index contributed by atoms with van der Waals surface area (Å²) >= 11 is 1.49. The molecule has 20 heavy (non-hydrogen) atoms. The Bertz CT molecular complexity index is 711. The van der Waals surface area contributed by atoms with Gasteiger partial charge in [-0.3, -0.25) is 10.8 Å². The average molecular weight is 285 g/mol. The van der Waals surface area contributed by atoms with E-state index in [0.29, 0.717) is 5.69 Å². The molecular weight excluding hydrogens is 274 g/mol. The molecule has 0 atom stereocenters. The second kappa shape index (κ2) is 5.90. The summed E-state index contributed by atoms with van der Waals surface area (Å²) in [5.74, 6) is -0.379. The molecule has 1 aromatic carbocycles. The number of benzene rings is 1. The molecule has 100 valence electrons. The molecule has 0 fully saturated rings. The van der Waals surface area contributed by atoms with E-state index in [1.54, 1.807) is 12.1 Å². The maximum Gasteiger partial charge on any atom is 0.201 e. The number of nitriles is 1. The van der Waals surface area contributed by atoms with Crippen LogP contribution in [0.1, 0.15) is 5.01 Å². The molecule has 0 amide bonds. The van der Waals surface area contributed by atoms with Crippen LogP contribution < -0.4 is 11.2 Å². The molecule has 0 unspecified atom stereocenters. The number of nitrogens with two attached hydrogens (primary N) is 1. The van der Waals surface area contributed by atoms with E-state index in [2.05, 4.69) is 20.7 Å². The number of nitrogens with zero attached hydrogens (tertiary/aromatic N) is 4. The standard InChI is InChI=1S/C12H11N7S/c1-7-16-19-12(20-7)8-3-2-4-9(5-8)17-18-10(6-13)11(14)15/h2-5,17H,1H3,(H3,14,15)/b18-10+. The van der Waals surface area contributed by atoms with E-state index < -0.39 is 0 Å². The Balaban J connectivity index is 2.23. The fraction of sp³-hybridized carbons (Fsp3) is 0.0833. The summed E-state index contributed by atoms with van der Waals surface area (Å²) in [5, 5.41) is 29.4. The molecule has 8 heteroatoms. The van der Waals surface area contributed by atoms with Crippen LogP contribution in [0.2, 0.25) is 0 Å². The fourth-order valence-electron chi connectivity index (χ4n) is 1.40. The van der Waals surface area contributed by atoms with Gasteiger partial charge in [0.05, 0.1) is 5.69 Å². The highest BCUT2D eigenvalue weighted by atomic mass is 32.1. The van der Waals surface area contributed by atoms with Gasteiger partial charge in [0, 0.05) is 5.56 Å². The van der Waals surface area contributed by atoms with Gasteiger partial charge in [0.15, 0.2) is 5.84 Å². The topological polar surface area (TPSA) is 124 Å². The number of hydrogen-bond donors (Lipinski definition) is 3. The summed E-state index contributed by atoms with van der Waals surface area (Å²) in [4.78, 5) is 0. The van der Waals surface area contributed by atoms with E-state index in [1.807, 2.05) is 25.1 Å². The van der Waals surface area contributed by atoms with E-state index in [9.17, 15) is 0 Å². The van der Waals surface area contributed by atoms with Crippen LogP contribution in [-0.4, -0.2) is 21.7 Å². The normalized spacial score (nSPS) is 10.9. The summed E-state index contributed by atoms with van der Waals surface area (Å²) < 4.78 is 0. The van der Waals surface area contributed by atoms with Crippen LogP contribution in [-0.2, 0) is 0 Å². The highest BCUT2D eigenvalue weighted by Gasteiger charge is 2.05. The molecule has 0 spiro atoms. The Morgan fingerprint density at radius 2 is 2.30 bits per heavy atom. The predicted molar refractivity (Wildman–Crippen MR) is 78.7 cm³/mol. The zero-order chi connectivity index (χ0) is 14.5. The largest absolute Gasteiger partial charge is 0.382 e. The molecule has 0 aliphatic rings. The predicted octanol–water partition coefficient (Wildman–Crippen LogP) is 1.74. The van der Waals surface area contributed by atoms with Gasteiger partial charge in [-0.15, -0.1) is 10.2 Å². The van der Waals surface area contributed by atoms with Crippen LogP contribution in [0, 0.1) is 23.7 Å². The Labute approximate surface area is 119 Å². The number of amidine groups is 1. The lowest BCUT2D eigenvalue weighted by Crippen LogP contribution is -2.21. The van der Waals surface area contributed by atoms with Gasteiger partial charge >= 0.3 is 0 Å². The first-order chi connectivity index (χ1) is 9.60. The molecule has 1 aromatic heterocycles. The maximum atomic E-state index is 8.75. The van der Waals surface area contributed by atoms with Crippen molar-refractivity contribution >= 4 is 28.6 Å². The zero-order valence-corrected chi connectivity index (χ0v) is 11.4. The molecular formula is C12H11N7S. The van der Waals surface area contributed by atoms with Gasteiger partial charge in [-0.25, -0.2) is 0 Å². The molecule has 0 saturated heterocycles. The minimum absolute atomic E-state index is 0.165. The van der Waals surface area contributed by atoms with Crippen LogP contribution in [0.25, 0.3) is 10.6 Å². The van der Waals surface area contributed by atoms with Crippen molar-refractivity contribution in [3.63, 3.8) is 0 Å². The van der Waals surface area contributed by atoms with E-state index in [0.717, 1.165) is 15.6 Å². The Morgan fingerprint density at radius 3 is 2.90 bits per heavy atom. The first-order valence-corrected chi connectivity index (χ1v) is 6.40. The van der Waals surface area contributed by atoms with Crippen molar-refractivity contribution in [3.05, 3.63) is 29.3 Å². The second-order valence-corrected chi connectivity index (χ2v) is 4.99. The number of aryl methyl sites for hydroxylation is 1. The summed E-state index contributed by atoms with van der Waals surface area (Å²) in [6, 6.07) is 9.10. The van der Waals surface area contributed by atoms with Gasteiger partial charge in [0.25, 0.3) is 0 Å². The highest BCUT2D eigenvalue weighted by Crippen LogP contribution is 2.25. The molecule has 0 aliphatic heterocycles. The molecule has 0 aliphatic carbocycles. The minimum atomic E-state index is -0.379. The first kappa shape index (κ1) is 13.6. The maximum absolute atomic E-state index is 8.75. The monoisotopic (exact) mass is 285 g/mol. The number of anilines is 1. The summed E-state index contributed by atoms with van der Waals surface area (Å²) in [6.45, 7) is 1.89. The van der Waals surface area contributed by atoms with Crippen molar-refractivity contribution in [3.8, 4) is 16.6 Å². The number of rotatable bonds is 4. The number of nitrogens with one attached hydrogen (secondary N) is 2. The number of aromatic nitrogens is 2. The van der Waals surface area contributed by atoms with Crippen LogP contribution in [0.5, 0.6) is 0 Å². The number of hydrogen-bond acceptors (Lipinski definition) is 7. The highest BCUT2D eigenvalue weighted by molar-refractivity contribution is 7.14. The lowest BCUT2D eigenvalue weighted by Gasteiger charge is -2.02. The average Bonchev–Trinajstić information content (AvgIpc) is 2.86. The molecule has 2 rings (SSSR count). The molecule has 0 saturated carbocycles. The van der Waals surface area contributed by atoms with Gasteiger partial charge in [0.2, 0.25) is 5.71 Å². The molecule has 4 N–H and O–H groups in total. The van der Waals surface area contributed by atoms with Crippen molar-refractivity contribution in [2.45, 2.75) is 6.92 Å². The van der Waals surface area contributed by atoms with E-state index >= 15 is 0 Å². The summed E-state index contributed by atoms with van der Waals surface area (Å²) in [7, 11) is 0. The van der Waals surface area contributed by atoms with E-state index in [-0.39, 0.29) is 11.5 Å². The smallest absolute Gasteiger partial charge is 0.201 e. The Hall–Kier alpha value is -2.79. The third kappa shape index (κ3) is 3.15. The SMILES string of the molecule is Cc1nnc(-c2cccc(N/N=C(\C#N)C(=N)N)c2)s1. The van der Waals surface area contributed by atoms with Crippen molar-refractivity contribution in [2.75, 3.05) is 5.43 Å². The molecule has 0 bridgehead atoms. The summed E-state index contributed by atoms with van der Waals surface area (Å²) in [5.41, 5.74) is 9.31. The third-order valence-electron chi connectivity index (χ3n) is 2.29. The second-order valence-electron chi connectivity index (χ2n) is 3.80. The summed E-state index contributed by atoms with van der Waals surface area (Å²) in [6.07, 6.45) is 0. The quantitative estimate of drug-likeness (QED) is 0.448. The Morgan fingerprint density at radius 1 is 1.50 bits per heavy atom. The molecule has 7 nitrogen and oxygen atoms in total. The molecule has 2 aromatic rings. The van der Waals surface area contributed by atoms with Crippen molar-refractivity contribution in [1.82, 2.24) is 10.2 Å². The lowest BCUT2D eigenvalue weighted by molar-refractivity contribution is 1.05. The first-order valence-electron chi connectivity index (χ1n) is 5.59. The van der Waals surface area contributed by atoms with E-state index in [1.165, 1.54) is 11.3 Å². The van der Waals surface area contributed by atoms with Crippen molar-refractivity contribution < 1.29 is 0 Å².